The molecular weight excluding hydrogens is 477 g/mol. The van der Waals surface area contributed by atoms with Crippen molar-refractivity contribution in [1.82, 2.24) is 15.5 Å². The van der Waals surface area contributed by atoms with Gasteiger partial charge in [0.25, 0.3) is 0 Å². The molecule has 2 amide bonds. The van der Waals surface area contributed by atoms with Crippen LogP contribution in [0.3, 0.4) is 0 Å². The number of hydrogen-bond acceptors (Lipinski definition) is 5. The maximum Gasteiger partial charge on any atom is 0.243 e. The molecule has 4 rings (SSSR count). The lowest BCUT2D eigenvalue weighted by atomic mass is 10.1. The summed E-state index contributed by atoms with van der Waals surface area (Å²) >= 11 is 1.18. The van der Waals surface area contributed by atoms with E-state index in [1.807, 2.05) is 54.6 Å². The van der Waals surface area contributed by atoms with E-state index >= 15 is 0 Å². The van der Waals surface area contributed by atoms with Gasteiger partial charge in [0.1, 0.15) is 10.7 Å². The standard InChI is InChI=1S/C25H19F3N4O2S/c1-14(24(34)29-13-20(33)30-19-12-11-18(26)21(27)22(19)28)35-25-17-10-6-5-9-16(17)23(31-32-25)15-7-3-2-4-8-15/h2-12,14H,13H2,1H3,(H,29,34)(H,30,33)/t14-/m0/s1. The summed E-state index contributed by atoms with van der Waals surface area (Å²) in [7, 11) is 0. The van der Waals surface area contributed by atoms with Crippen molar-refractivity contribution in [2.24, 2.45) is 0 Å². The Kier molecular flexibility index (Phi) is 7.31. The maximum absolute atomic E-state index is 13.7. The van der Waals surface area contributed by atoms with Gasteiger partial charge in [-0.2, -0.15) is 0 Å². The number of benzene rings is 3. The lowest BCUT2D eigenvalue weighted by Crippen LogP contribution is -2.37. The third-order valence-electron chi connectivity index (χ3n) is 5.09. The molecule has 0 unspecified atom stereocenters. The first-order chi connectivity index (χ1) is 16.8. The van der Waals surface area contributed by atoms with Crippen LogP contribution in [0.25, 0.3) is 22.0 Å². The molecule has 4 aromatic rings. The SMILES string of the molecule is C[C@H](Sc1nnc(-c2ccccc2)c2ccccc12)C(=O)NCC(=O)Nc1ccc(F)c(F)c1F. The predicted octanol–water partition coefficient (Wildman–Crippen LogP) is 4.95. The van der Waals surface area contributed by atoms with Crippen molar-refractivity contribution in [2.45, 2.75) is 17.2 Å². The molecule has 0 bridgehead atoms. The molecule has 0 aliphatic rings. The summed E-state index contributed by atoms with van der Waals surface area (Å²) in [4.78, 5) is 24.6. The van der Waals surface area contributed by atoms with Crippen LogP contribution in [0.5, 0.6) is 0 Å². The Bertz CT molecular complexity index is 1400. The first-order valence-corrected chi connectivity index (χ1v) is 11.4. The number of nitrogens with zero attached hydrogens (tertiary/aromatic N) is 2. The predicted molar refractivity (Wildman–Crippen MR) is 128 cm³/mol. The summed E-state index contributed by atoms with van der Waals surface area (Å²) in [6.07, 6.45) is 0. The Balaban J connectivity index is 1.42. The van der Waals surface area contributed by atoms with Gasteiger partial charge < -0.3 is 10.6 Å². The monoisotopic (exact) mass is 496 g/mol. The van der Waals surface area contributed by atoms with Crippen LogP contribution in [0.1, 0.15) is 6.92 Å². The molecule has 2 N–H and O–H groups in total. The zero-order chi connectivity index (χ0) is 24.9. The molecule has 0 radical (unpaired) electrons. The van der Waals surface area contributed by atoms with Gasteiger partial charge in [-0.15, -0.1) is 10.2 Å². The van der Waals surface area contributed by atoms with E-state index in [1.165, 1.54) is 11.8 Å². The minimum absolute atomic E-state index is 0.464. The van der Waals surface area contributed by atoms with Crippen LogP contribution in [0.2, 0.25) is 0 Å². The summed E-state index contributed by atoms with van der Waals surface area (Å²) in [5.41, 5.74) is 1.12. The second-order valence-corrected chi connectivity index (χ2v) is 8.84. The number of carbonyl (C=O) groups is 2. The number of nitrogens with one attached hydrogen (secondary N) is 2. The fraction of sp³-hybridized carbons (Fsp3) is 0.120. The van der Waals surface area contributed by atoms with Crippen LogP contribution in [-0.4, -0.2) is 33.8 Å². The molecule has 3 aromatic carbocycles. The van der Waals surface area contributed by atoms with Gasteiger partial charge >= 0.3 is 0 Å². The molecule has 6 nitrogen and oxygen atoms in total. The minimum Gasteiger partial charge on any atom is -0.346 e. The third kappa shape index (κ3) is 5.43. The van der Waals surface area contributed by atoms with Crippen molar-refractivity contribution in [3.63, 3.8) is 0 Å². The van der Waals surface area contributed by atoms with Gasteiger partial charge in [0.15, 0.2) is 17.5 Å². The Labute approximate surface area is 203 Å². The van der Waals surface area contributed by atoms with Crippen molar-refractivity contribution in [3.8, 4) is 11.3 Å². The third-order valence-corrected chi connectivity index (χ3v) is 6.18. The van der Waals surface area contributed by atoms with E-state index in [-0.39, 0.29) is 0 Å². The van der Waals surface area contributed by atoms with Gasteiger partial charge in [0.05, 0.1) is 17.5 Å². The molecule has 0 spiro atoms. The molecule has 0 saturated heterocycles. The highest BCUT2D eigenvalue weighted by molar-refractivity contribution is 8.00. The number of carbonyl (C=O) groups excluding carboxylic acids is 2. The first kappa shape index (κ1) is 24.2. The molecule has 0 fully saturated rings. The average molecular weight is 497 g/mol. The lowest BCUT2D eigenvalue weighted by molar-refractivity contribution is -0.123. The van der Waals surface area contributed by atoms with Crippen molar-refractivity contribution in [3.05, 3.63) is 84.2 Å². The molecule has 1 aromatic heterocycles. The summed E-state index contributed by atoms with van der Waals surface area (Å²) in [6, 6.07) is 18.8. The number of hydrogen-bond donors (Lipinski definition) is 2. The number of halogens is 3. The molecule has 0 aliphatic heterocycles. The molecule has 10 heteroatoms. The molecule has 35 heavy (non-hydrogen) atoms. The topological polar surface area (TPSA) is 84.0 Å². The highest BCUT2D eigenvalue weighted by Gasteiger charge is 2.20. The van der Waals surface area contributed by atoms with Crippen molar-refractivity contribution >= 4 is 40.0 Å². The molecule has 0 saturated carbocycles. The second-order valence-electron chi connectivity index (χ2n) is 7.51. The Hall–Kier alpha value is -3.92. The Morgan fingerprint density at radius 2 is 1.57 bits per heavy atom. The van der Waals surface area contributed by atoms with Crippen LogP contribution < -0.4 is 10.6 Å². The van der Waals surface area contributed by atoms with Gasteiger partial charge in [-0.1, -0.05) is 66.4 Å². The van der Waals surface area contributed by atoms with Gasteiger partial charge in [-0.25, -0.2) is 13.2 Å². The zero-order valence-corrected chi connectivity index (χ0v) is 19.2. The average Bonchev–Trinajstić information content (AvgIpc) is 2.88. The van der Waals surface area contributed by atoms with Crippen LogP contribution in [0.15, 0.2) is 71.8 Å². The molecule has 0 aliphatic carbocycles. The summed E-state index contributed by atoms with van der Waals surface area (Å²) < 4.78 is 40.1. The van der Waals surface area contributed by atoms with E-state index in [2.05, 4.69) is 20.8 Å². The summed E-state index contributed by atoms with van der Waals surface area (Å²) in [5.74, 6) is -5.83. The van der Waals surface area contributed by atoms with Crippen LogP contribution in [0.4, 0.5) is 18.9 Å². The van der Waals surface area contributed by atoms with E-state index in [9.17, 15) is 22.8 Å². The number of thioether (sulfide) groups is 1. The van der Waals surface area contributed by atoms with Crippen molar-refractivity contribution < 1.29 is 22.8 Å². The van der Waals surface area contributed by atoms with Crippen LogP contribution in [-0.2, 0) is 9.59 Å². The fourth-order valence-corrected chi connectivity index (χ4v) is 4.24. The van der Waals surface area contributed by atoms with Crippen LogP contribution in [0, 0.1) is 17.5 Å². The summed E-state index contributed by atoms with van der Waals surface area (Å²) in [5, 5.41) is 14.9. The van der Waals surface area contributed by atoms with Gasteiger partial charge in [-0.05, 0) is 19.1 Å². The highest BCUT2D eigenvalue weighted by Crippen LogP contribution is 2.33. The number of rotatable bonds is 7. The largest absolute Gasteiger partial charge is 0.346 e. The van der Waals surface area contributed by atoms with Gasteiger partial charge in [0.2, 0.25) is 11.8 Å². The van der Waals surface area contributed by atoms with Crippen molar-refractivity contribution in [1.29, 1.82) is 0 Å². The second kappa shape index (κ2) is 10.6. The molecular formula is C25H19F3N4O2S. The van der Waals surface area contributed by atoms with Gasteiger partial charge in [0, 0.05) is 16.3 Å². The first-order valence-electron chi connectivity index (χ1n) is 10.5. The van der Waals surface area contributed by atoms with Crippen molar-refractivity contribution in [2.75, 3.05) is 11.9 Å². The van der Waals surface area contributed by atoms with E-state index in [4.69, 9.17) is 0 Å². The smallest absolute Gasteiger partial charge is 0.243 e. The maximum atomic E-state index is 13.7. The minimum atomic E-state index is -1.69. The van der Waals surface area contributed by atoms with E-state index < -0.39 is 46.7 Å². The van der Waals surface area contributed by atoms with Gasteiger partial charge in [-0.3, -0.25) is 9.59 Å². The highest BCUT2D eigenvalue weighted by atomic mass is 32.2. The quantitative estimate of drug-likeness (QED) is 0.279. The number of fused-ring (bicyclic) bond motifs is 1. The number of anilines is 1. The normalized spacial score (nSPS) is 11.8. The molecule has 178 valence electrons. The Morgan fingerprint density at radius 1 is 0.886 bits per heavy atom. The molecule has 1 heterocycles. The number of amides is 2. The molecule has 1 atom stereocenters. The van der Waals surface area contributed by atoms with E-state index in [0.29, 0.717) is 11.1 Å². The lowest BCUT2D eigenvalue weighted by Gasteiger charge is -2.14. The van der Waals surface area contributed by atoms with Crippen LogP contribution >= 0.6 is 11.8 Å². The number of aromatic nitrogens is 2. The zero-order valence-electron chi connectivity index (χ0n) is 18.4. The fourth-order valence-electron chi connectivity index (χ4n) is 3.32. The Morgan fingerprint density at radius 3 is 2.31 bits per heavy atom. The summed E-state index contributed by atoms with van der Waals surface area (Å²) in [6.45, 7) is 1.16. The van der Waals surface area contributed by atoms with E-state index in [0.717, 1.165) is 28.1 Å². The van der Waals surface area contributed by atoms with E-state index in [1.54, 1.807) is 6.92 Å².